The van der Waals surface area contributed by atoms with Crippen molar-refractivity contribution in [3.63, 3.8) is 0 Å². The van der Waals surface area contributed by atoms with Gasteiger partial charge >= 0.3 is 0 Å². The molecule has 0 aliphatic carbocycles. The Morgan fingerprint density at radius 2 is 1.91 bits per heavy atom. The van der Waals surface area contributed by atoms with Crippen LogP contribution in [-0.2, 0) is 0 Å². The summed E-state index contributed by atoms with van der Waals surface area (Å²) in [5.74, 6) is 1.72. The standard InChI is InChI=1S/C18H30N2O2/c1-4-5-6-9-16(20-13-11-19-12-14-20)15-8-7-10-17(21-2)18(15)22-3/h7-8,10,16,19H,4-6,9,11-14H2,1-3H3/t16-/m1/s1. The van der Waals surface area contributed by atoms with E-state index in [4.69, 9.17) is 9.47 Å². The number of ether oxygens (including phenoxy) is 2. The van der Waals surface area contributed by atoms with E-state index in [1.807, 2.05) is 6.07 Å². The summed E-state index contributed by atoms with van der Waals surface area (Å²) in [5.41, 5.74) is 1.26. The van der Waals surface area contributed by atoms with E-state index in [0.717, 1.165) is 37.7 Å². The van der Waals surface area contributed by atoms with Gasteiger partial charge in [-0.25, -0.2) is 0 Å². The number of hydrogen-bond donors (Lipinski definition) is 1. The van der Waals surface area contributed by atoms with Crippen LogP contribution in [0.5, 0.6) is 11.5 Å². The van der Waals surface area contributed by atoms with Crippen molar-refractivity contribution < 1.29 is 9.47 Å². The van der Waals surface area contributed by atoms with Crippen molar-refractivity contribution >= 4 is 0 Å². The number of unbranched alkanes of at least 4 members (excludes halogenated alkanes) is 2. The third-order valence-electron chi connectivity index (χ3n) is 4.47. The first-order chi connectivity index (χ1) is 10.8. The molecule has 1 N–H and O–H groups in total. The number of nitrogens with zero attached hydrogens (tertiary/aromatic N) is 1. The van der Waals surface area contributed by atoms with Crippen molar-refractivity contribution in [1.29, 1.82) is 0 Å². The van der Waals surface area contributed by atoms with E-state index < -0.39 is 0 Å². The van der Waals surface area contributed by atoms with Gasteiger partial charge in [0.05, 0.1) is 14.2 Å². The molecule has 4 nitrogen and oxygen atoms in total. The summed E-state index contributed by atoms with van der Waals surface area (Å²) >= 11 is 0. The van der Waals surface area contributed by atoms with Crippen LogP contribution in [0.2, 0.25) is 0 Å². The van der Waals surface area contributed by atoms with E-state index in [1.165, 1.54) is 31.2 Å². The topological polar surface area (TPSA) is 33.7 Å². The number of rotatable bonds is 8. The van der Waals surface area contributed by atoms with E-state index in [-0.39, 0.29) is 0 Å². The Bertz CT molecular complexity index is 445. The summed E-state index contributed by atoms with van der Waals surface area (Å²) in [6.07, 6.45) is 4.97. The number of methoxy groups -OCH3 is 2. The predicted molar refractivity (Wildman–Crippen MR) is 90.9 cm³/mol. The van der Waals surface area contributed by atoms with Crippen LogP contribution < -0.4 is 14.8 Å². The first-order valence-electron chi connectivity index (χ1n) is 8.47. The lowest BCUT2D eigenvalue weighted by Crippen LogP contribution is -2.45. The molecule has 0 bridgehead atoms. The van der Waals surface area contributed by atoms with Crippen LogP contribution >= 0.6 is 0 Å². The Labute approximate surface area is 134 Å². The lowest BCUT2D eigenvalue weighted by Gasteiger charge is -2.36. The summed E-state index contributed by atoms with van der Waals surface area (Å²) < 4.78 is 11.2. The third kappa shape index (κ3) is 4.14. The number of benzene rings is 1. The Balaban J connectivity index is 2.26. The van der Waals surface area contributed by atoms with E-state index in [1.54, 1.807) is 14.2 Å². The summed E-state index contributed by atoms with van der Waals surface area (Å²) in [5, 5.41) is 3.44. The van der Waals surface area contributed by atoms with Gasteiger partial charge in [-0.3, -0.25) is 4.90 Å². The van der Waals surface area contributed by atoms with Crippen LogP contribution in [0.4, 0.5) is 0 Å². The van der Waals surface area contributed by atoms with Crippen LogP contribution in [0.1, 0.15) is 44.2 Å². The molecule has 0 aromatic heterocycles. The number of piperazine rings is 1. The smallest absolute Gasteiger partial charge is 0.165 e. The zero-order chi connectivity index (χ0) is 15.8. The molecule has 1 aromatic carbocycles. The van der Waals surface area contributed by atoms with Gasteiger partial charge in [0.25, 0.3) is 0 Å². The Hall–Kier alpha value is -1.26. The second-order valence-electron chi connectivity index (χ2n) is 5.88. The van der Waals surface area contributed by atoms with Gasteiger partial charge in [0.15, 0.2) is 11.5 Å². The molecule has 1 fully saturated rings. The molecule has 1 aliphatic heterocycles. The van der Waals surface area contributed by atoms with Crippen molar-refractivity contribution in [1.82, 2.24) is 10.2 Å². The van der Waals surface area contributed by atoms with Gasteiger partial charge in [-0.05, 0) is 12.5 Å². The van der Waals surface area contributed by atoms with Crippen molar-refractivity contribution in [2.24, 2.45) is 0 Å². The molecular formula is C18H30N2O2. The highest BCUT2D eigenvalue weighted by Crippen LogP contribution is 2.39. The van der Waals surface area contributed by atoms with E-state index in [0.29, 0.717) is 6.04 Å². The van der Waals surface area contributed by atoms with Crippen LogP contribution in [0.3, 0.4) is 0 Å². The minimum Gasteiger partial charge on any atom is -0.493 e. The monoisotopic (exact) mass is 306 g/mol. The number of hydrogen-bond acceptors (Lipinski definition) is 4. The molecule has 0 saturated carbocycles. The molecule has 124 valence electrons. The molecule has 22 heavy (non-hydrogen) atoms. The minimum atomic E-state index is 0.415. The molecule has 0 amide bonds. The lowest BCUT2D eigenvalue weighted by atomic mass is 9.97. The summed E-state index contributed by atoms with van der Waals surface area (Å²) in [6, 6.07) is 6.66. The molecule has 0 spiro atoms. The summed E-state index contributed by atoms with van der Waals surface area (Å²) in [7, 11) is 3.45. The third-order valence-corrected chi connectivity index (χ3v) is 4.47. The van der Waals surface area contributed by atoms with E-state index in [9.17, 15) is 0 Å². The SMILES string of the molecule is CCCCC[C@H](c1cccc(OC)c1OC)N1CCNCC1. The average Bonchev–Trinajstić information content (AvgIpc) is 2.59. The van der Waals surface area contributed by atoms with Crippen molar-refractivity contribution in [3.05, 3.63) is 23.8 Å². The minimum absolute atomic E-state index is 0.415. The van der Waals surface area contributed by atoms with Crippen molar-refractivity contribution in [2.75, 3.05) is 40.4 Å². The Morgan fingerprint density at radius 1 is 1.14 bits per heavy atom. The first-order valence-corrected chi connectivity index (χ1v) is 8.47. The molecule has 0 unspecified atom stereocenters. The normalized spacial score (nSPS) is 17.2. The fourth-order valence-corrected chi connectivity index (χ4v) is 3.29. The fourth-order valence-electron chi connectivity index (χ4n) is 3.29. The Morgan fingerprint density at radius 3 is 2.55 bits per heavy atom. The quantitative estimate of drug-likeness (QED) is 0.748. The van der Waals surface area contributed by atoms with Crippen LogP contribution in [-0.4, -0.2) is 45.3 Å². The second-order valence-corrected chi connectivity index (χ2v) is 5.88. The van der Waals surface area contributed by atoms with E-state index in [2.05, 4.69) is 29.3 Å². The number of para-hydroxylation sites is 1. The molecule has 0 radical (unpaired) electrons. The average molecular weight is 306 g/mol. The van der Waals surface area contributed by atoms with Gasteiger partial charge in [-0.2, -0.15) is 0 Å². The maximum Gasteiger partial charge on any atom is 0.165 e. The van der Waals surface area contributed by atoms with Gasteiger partial charge in [-0.1, -0.05) is 38.3 Å². The van der Waals surface area contributed by atoms with E-state index >= 15 is 0 Å². The highest BCUT2D eigenvalue weighted by Gasteiger charge is 2.25. The zero-order valence-electron chi connectivity index (χ0n) is 14.2. The number of nitrogens with one attached hydrogen (secondary N) is 1. The summed E-state index contributed by atoms with van der Waals surface area (Å²) in [6.45, 7) is 6.58. The van der Waals surface area contributed by atoms with Gasteiger partial charge in [0.2, 0.25) is 0 Å². The maximum absolute atomic E-state index is 5.68. The van der Waals surface area contributed by atoms with Crippen molar-refractivity contribution in [2.45, 2.75) is 38.6 Å². The first kappa shape index (κ1) is 17.1. The predicted octanol–water partition coefficient (Wildman–Crippen LogP) is 3.23. The highest BCUT2D eigenvalue weighted by atomic mass is 16.5. The summed E-state index contributed by atoms with van der Waals surface area (Å²) in [4.78, 5) is 2.59. The van der Waals surface area contributed by atoms with Crippen LogP contribution in [0, 0.1) is 0 Å². The lowest BCUT2D eigenvalue weighted by molar-refractivity contribution is 0.159. The molecule has 4 heteroatoms. The van der Waals surface area contributed by atoms with Gasteiger partial charge in [0, 0.05) is 37.8 Å². The molecule has 1 aliphatic rings. The largest absolute Gasteiger partial charge is 0.493 e. The van der Waals surface area contributed by atoms with Crippen LogP contribution in [0.15, 0.2) is 18.2 Å². The second kappa shape index (κ2) is 9.01. The molecule has 1 saturated heterocycles. The Kier molecular flexibility index (Phi) is 7.00. The van der Waals surface area contributed by atoms with Gasteiger partial charge < -0.3 is 14.8 Å². The molecule has 2 rings (SSSR count). The molecule has 1 atom stereocenters. The van der Waals surface area contributed by atoms with Gasteiger partial charge in [-0.15, -0.1) is 0 Å². The molecular weight excluding hydrogens is 276 g/mol. The molecule has 1 heterocycles. The highest BCUT2D eigenvalue weighted by molar-refractivity contribution is 5.48. The van der Waals surface area contributed by atoms with Crippen molar-refractivity contribution in [3.8, 4) is 11.5 Å². The maximum atomic E-state index is 5.68. The zero-order valence-corrected chi connectivity index (χ0v) is 14.2. The molecule has 1 aromatic rings. The van der Waals surface area contributed by atoms with Gasteiger partial charge in [0.1, 0.15) is 0 Å². The van der Waals surface area contributed by atoms with Crippen LogP contribution in [0.25, 0.3) is 0 Å². The fraction of sp³-hybridized carbons (Fsp3) is 0.667.